The molecule has 0 saturated carbocycles. The fourth-order valence-electron chi connectivity index (χ4n) is 3.26. The number of nitrogens with two attached hydrogens (primary N) is 1. The smallest absolute Gasteiger partial charge is 0.274 e. The molecule has 142 valence electrons. The topological polar surface area (TPSA) is 93.2 Å². The molecule has 2 aromatic heterocycles. The van der Waals surface area contributed by atoms with Crippen molar-refractivity contribution in [3.8, 4) is 0 Å². The molecule has 0 radical (unpaired) electrons. The van der Waals surface area contributed by atoms with Crippen molar-refractivity contribution in [3.63, 3.8) is 0 Å². The summed E-state index contributed by atoms with van der Waals surface area (Å²) in [6.45, 7) is 7.42. The number of halogens is 1. The van der Waals surface area contributed by atoms with Crippen molar-refractivity contribution >= 4 is 40.6 Å². The van der Waals surface area contributed by atoms with Gasteiger partial charge in [-0.25, -0.2) is 0 Å². The Bertz CT molecular complexity index is 801. The third kappa shape index (κ3) is 3.92. The number of rotatable bonds is 6. The van der Waals surface area contributed by atoms with Crippen LogP contribution in [0.25, 0.3) is 0 Å². The molecule has 26 heavy (non-hydrogen) atoms. The molecule has 2 aromatic rings. The van der Waals surface area contributed by atoms with E-state index in [2.05, 4.69) is 22.2 Å². The highest BCUT2D eigenvalue weighted by molar-refractivity contribution is 7.17. The predicted octanol–water partition coefficient (Wildman–Crippen LogP) is 2.51. The van der Waals surface area contributed by atoms with E-state index in [1.54, 1.807) is 16.9 Å². The van der Waals surface area contributed by atoms with E-state index < -0.39 is 5.91 Å². The van der Waals surface area contributed by atoms with Crippen molar-refractivity contribution in [2.75, 3.05) is 18.4 Å². The molecule has 3 rings (SSSR count). The number of amides is 2. The van der Waals surface area contributed by atoms with Crippen molar-refractivity contribution in [3.05, 3.63) is 34.0 Å². The van der Waals surface area contributed by atoms with Crippen molar-refractivity contribution in [1.29, 1.82) is 0 Å². The number of aryl methyl sites for hydroxylation is 1. The molecular weight excluding hydrogens is 374 g/mol. The number of hydrogen-bond donors (Lipinski definition) is 2. The van der Waals surface area contributed by atoms with Crippen LogP contribution >= 0.6 is 23.7 Å². The summed E-state index contributed by atoms with van der Waals surface area (Å²) in [6.07, 6.45) is 3.47. The number of anilines is 1. The van der Waals surface area contributed by atoms with Gasteiger partial charge in [0, 0.05) is 30.7 Å². The number of nitrogens with one attached hydrogen (secondary N) is 1. The second-order valence-electron chi connectivity index (χ2n) is 6.08. The lowest BCUT2D eigenvalue weighted by Crippen LogP contribution is -2.31. The van der Waals surface area contributed by atoms with Gasteiger partial charge in [-0.15, -0.1) is 23.7 Å². The third-order valence-corrected chi connectivity index (χ3v) is 5.53. The first-order chi connectivity index (χ1) is 12.0. The fraction of sp³-hybridized carbons (Fsp3) is 0.471. The fourth-order valence-corrected chi connectivity index (χ4v) is 4.55. The van der Waals surface area contributed by atoms with Gasteiger partial charge in [-0.1, -0.05) is 6.92 Å². The molecule has 0 atom stereocenters. The zero-order valence-electron chi connectivity index (χ0n) is 14.9. The molecular formula is C17H24ClN5O2S. The van der Waals surface area contributed by atoms with Gasteiger partial charge in [0.25, 0.3) is 11.8 Å². The van der Waals surface area contributed by atoms with E-state index >= 15 is 0 Å². The second-order valence-corrected chi connectivity index (χ2v) is 7.19. The molecule has 3 heterocycles. The average Bonchev–Trinajstić information content (AvgIpc) is 3.18. The summed E-state index contributed by atoms with van der Waals surface area (Å²) in [5.74, 6) is -0.758. The van der Waals surface area contributed by atoms with Gasteiger partial charge in [-0.3, -0.25) is 19.2 Å². The summed E-state index contributed by atoms with van der Waals surface area (Å²) in [7, 11) is 0. The highest BCUT2D eigenvalue weighted by atomic mass is 35.5. The van der Waals surface area contributed by atoms with E-state index in [1.165, 1.54) is 11.3 Å². The normalized spacial score (nSPS) is 13.8. The molecule has 2 amide bonds. The molecule has 0 unspecified atom stereocenters. The van der Waals surface area contributed by atoms with Gasteiger partial charge < -0.3 is 11.1 Å². The Morgan fingerprint density at radius 1 is 1.38 bits per heavy atom. The van der Waals surface area contributed by atoms with Crippen molar-refractivity contribution in [2.24, 2.45) is 5.73 Å². The van der Waals surface area contributed by atoms with E-state index in [1.807, 2.05) is 6.92 Å². The minimum atomic E-state index is -0.485. The zero-order chi connectivity index (χ0) is 18.0. The van der Waals surface area contributed by atoms with Gasteiger partial charge in [0.1, 0.15) is 10.7 Å². The highest BCUT2D eigenvalue weighted by Crippen LogP contribution is 2.37. The molecule has 7 nitrogen and oxygen atoms in total. The lowest BCUT2D eigenvalue weighted by molar-refractivity contribution is 0.1000. The highest BCUT2D eigenvalue weighted by Gasteiger charge is 2.28. The van der Waals surface area contributed by atoms with Crippen LogP contribution in [0.4, 0.5) is 5.00 Å². The minimum Gasteiger partial charge on any atom is -0.365 e. The van der Waals surface area contributed by atoms with Crippen LogP contribution in [-0.2, 0) is 19.5 Å². The monoisotopic (exact) mass is 397 g/mol. The number of fused-ring (bicyclic) bond motifs is 1. The summed E-state index contributed by atoms with van der Waals surface area (Å²) in [4.78, 5) is 28.1. The van der Waals surface area contributed by atoms with Crippen LogP contribution in [0.5, 0.6) is 0 Å². The van der Waals surface area contributed by atoms with Gasteiger partial charge in [-0.2, -0.15) is 5.10 Å². The maximum atomic E-state index is 12.6. The van der Waals surface area contributed by atoms with Crippen LogP contribution in [0.3, 0.4) is 0 Å². The summed E-state index contributed by atoms with van der Waals surface area (Å²) >= 11 is 1.45. The van der Waals surface area contributed by atoms with E-state index in [4.69, 9.17) is 5.73 Å². The Hall–Kier alpha value is -1.90. The Balaban J connectivity index is 0.00000243. The van der Waals surface area contributed by atoms with E-state index in [-0.39, 0.29) is 18.3 Å². The van der Waals surface area contributed by atoms with Crippen LogP contribution < -0.4 is 11.1 Å². The number of primary amides is 1. The maximum absolute atomic E-state index is 12.6. The molecule has 0 spiro atoms. The molecule has 0 aliphatic carbocycles. The second kappa shape index (κ2) is 8.66. The number of thiophene rings is 1. The Morgan fingerprint density at radius 3 is 2.81 bits per heavy atom. The molecule has 1 aliphatic heterocycles. The van der Waals surface area contributed by atoms with Crippen LogP contribution in [0.15, 0.2) is 12.3 Å². The van der Waals surface area contributed by atoms with Gasteiger partial charge in [0.15, 0.2) is 0 Å². The number of hydrogen-bond acceptors (Lipinski definition) is 5. The summed E-state index contributed by atoms with van der Waals surface area (Å²) in [5, 5.41) is 7.53. The lowest BCUT2D eigenvalue weighted by atomic mass is 10.0. The SMILES string of the molecule is CCCN1CCc2c(sc(NC(=O)c3ccnn3CC)c2C(N)=O)C1.Cl. The van der Waals surface area contributed by atoms with E-state index in [0.29, 0.717) is 22.8 Å². The van der Waals surface area contributed by atoms with Crippen LogP contribution in [0, 0.1) is 0 Å². The van der Waals surface area contributed by atoms with Crippen LogP contribution in [0.2, 0.25) is 0 Å². The predicted molar refractivity (Wildman–Crippen MR) is 105 cm³/mol. The number of carbonyl (C=O) groups is 2. The first-order valence-corrected chi connectivity index (χ1v) is 9.36. The summed E-state index contributed by atoms with van der Waals surface area (Å²) in [5.41, 5.74) is 7.54. The molecule has 0 aromatic carbocycles. The van der Waals surface area contributed by atoms with Crippen molar-refractivity contribution in [2.45, 2.75) is 39.8 Å². The molecule has 9 heteroatoms. The third-order valence-electron chi connectivity index (χ3n) is 4.40. The molecule has 1 aliphatic rings. The number of nitrogens with zero attached hydrogens (tertiary/aromatic N) is 3. The maximum Gasteiger partial charge on any atom is 0.274 e. The van der Waals surface area contributed by atoms with E-state index in [9.17, 15) is 9.59 Å². The van der Waals surface area contributed by atoms with Gasteiger partial charge >= 0.3 is 0 Å². The molecule has 0 fully saturated rings. The number of carbonyl (C=O) groups excluding carboxylic acids is 2. The zero-order valence-corrected chi connectivity index (χ0v) is 16.6. The Labute approximate surface area is 163 Å². The molecule has 0 bridgehead atoms. The lowest BCUT2D eigenvalue weighted by Gasteiger charge is -2.26. The standard InChI is InChI=1S/C17H23N5O2S.ClH/c1-3-8-21-9-6-11-13(10-21)25-17(14(11)15(18)23)20-16(24)12-5-7-19-22(12)4-2;/h5,7H,3-4,6,8-10H2,1-2H3,(H2,18,23)(H,20,24);1H. The van der Waals surface area contributed by atoms with Crippen molar-refractivity contribution < 1.29 is 9.59 Å². The molecule has 3 N–H and O–H groups in total. The summed E-state index contributed by atoms with van der Waals surface area (Å²) in [6, 6.07) is 1.67. The van der Waals surface area contributed by atoms with Gasteiger partial charge in [-0.05, 0) is 37.9 Å². The average molecular weight is 398 g/mol. The Kier molecular flexibility index (Phi) is 6.80. The first kappa shape index (κ1) is 20.4. The quantitative estimate of drug-likeness (QED) is 0.783. The first-order valence-electron chi connectivity index (χ1n) is 8.55. The van der Waals surface area contributed by atoms with Gasteiger partial charge in [0.2, 0.25) is 0 Å². The van der Waals surface area contributed by atoms with Crippen molar-refractivity contribution in [1.82, 2.24) is 14.7 Å². The largest absolute Gasteiger partial charge is 0.365 e. The van der Waals surface area contributed by atoms with Crippen LogP contribution in [0.1, 0.15) is 51.6 Å². The summed E-state index contributed by atoms with van der Waals surface area (Å²) < 4.78 is 1.62. The Morgan fingerprint density at radius 2 is 2.15 bits per heavy atom. The minimum absolute atomic E-state index is 0. The number of aromatic nitrogens is 2. The van der Waals surface area contributed by atoms with Gasteiger partial charge in [0.05, 0.1) is 5.56 Å². The molecule has 0 saturated heterocycles. The van der Waals surface area contributed by atoms with Crippen LogP contribution in [-0.4, -0.2) is 39.6 Å². The van der Waals surface area contributed by atoms with E-state index in [0.717, 1.165) is 42.9 Å².